The van der Waals surface area contributed by atoms with Crippen LogP contribution in [0.5, 0.6) is 0 Å². The fourth-order valence-electron chi connectivity index (χ4n) is 6.70. The minimum absolute atomic E-state index is 0.00516. The molecule has 1 aliphatic carbocycles. The molecule has 52 heavy (non-hydrogen) atoms. The van der Waals surface area contributed by atoms with Crippen LogP contribution in [0.15, 0.2) is 53.8 Å². The monoisotopic (exact) mass is 745 g/mol. The number of rotatable bonds is 12. The number of benzene rings is 2. The lowest BCUT2D eigenvalue weighted by Crippen LogP contribution is -2.47. The molecule has 1 fully saturated rings. The van der Waals surface area contributed by atoms with E-state index in [0.717, 1.165) is 17.9 Å². The number of H-pyrrole nitrogens is 1. The fourth-order valence-corrected chi connectivity index (χ4v) is 6.89. The largest absolute Gasteiger partial charge is 0.463 e. The minimum Gasteiger partial charge on any atom is -0.463 e. The summed E-state index contributed by atoms with van der Waals surface area (Å²) in [5.41, 5.74) is 4.59. The maximum absolute atomic E-state index is 14.9. The molecule has 0 radical (unpaired) electrons. The van der Waals surface area contributed by atoms with Gasteiger partial charge in [0.15, 0.2) is 22.5 Å². The summed E-state index contributed by atoms with van der Waals surface area (Å²) >= 11 is 6.46. The Morgan fingerprint density at radius 3 is 2.40 bits per heavy atom. The van der Waals surface area contributed by atoms with E-state index in [9.17, 15) is 27.2 Å². The molecule has 2 aliphatic rings. The summed E-state index contributed by atoms with van der Waals surface area (Å²) in [5.74, 6) is -4.88. The number of carbonyl (C=O) groups excluding carboxylic acids is 2. The highest BCUT2D eigenvalue weighted by atomic mass is 35.5. The zero-order chi connectivity index (χ0) is 37.8. The molecule has 2 aromatic heterocycles. The van der Waals surface area contributed by atoms with E-state index in [1.54, 1.807) is 36.0 Å². The Hall–Kier alpha value is -4.93. The standard InChI is InChI=1S/C34H37ClF4N10O3/c1-31(2,3)17-34(21-9-6-19(7-10-21)27-44-45-46-47(27)5)29(51)48(30(40)43-34)24(16-52-25(50)15-33(12-13-33)32(4,38)39)20-8-11-22(35)23(14-20)49-28(26(36)37)41-18-42-49/h6-11,14,18,24,26H,12-13,15-17H2,1-5H3,(H2,40,43)/p+1/t24-,34-/m1/s1. The summed E-state index contributed by atoms with van der Waals surface area (Å²) < 4.78 is 64.6. The summed E-state index contributed by atoms with van der Waals surface area (Å²) in [6, 6.07) is 10.2. The summed E-state index contributed by atoms with van der Waals surface area (Å²) in [6.07, 6.45) is -2.06. The number of nitrogens with two attached hydrogens (primary N) is 1. The number of ether oxygens (including phenoxy) is 1. The van der Waals surface area contributed by atoms with Crippen LogP contribution >= 0.6 is 11.6 Å². The minimum atomic E-state index is -3.11. The predicted molar refractivity (Wildman–Crippen MR) is 179 cm³/mol. The molecule has 13 nitrogen and oxygen atoms in total. The van der Waals surface area contributed by atoms with Crippen LogP contribution in [-0.4, -0.2) is 65.6 Å². The van der Waals surface area contributed by atoms with Gasteiger partial charge >= 0.3 is 11.8 Å². The number of aromatic amines is 1. The van der Waals surface area contributed by atoms with E-state index in [4.69, 9.17) is 27.1 Å². The molecule has 1 aliphatic heterocycles. The van der Waals surface area contributed by atoms with Gasteiger partial charge in [0, 0.05) is 5.41 Å². The Bertz CT molecular complexity index is 2020. The van der Waals surface area contributed by atoms with Gasteiger partial charge in [-0.3, -0.25) is 14.5 Å². The zero-order valence-electron chi connectivity index (χ0n) is 29.1. The zero-order valence-corrected chi connectivity index (χ0v) is 29.8. The van der Waals surface area contributed by atoms with E-state index in [1.807, 2.05) is 20.8 Å². The van der Waals surface area contributed by atoms with Crippen LogP contribution in [0, 0.1) is 10.8 Å². The number of nitrogens with one attached hydrogen (secondary N) is 1. The maximum atomic E-state index is 14.9. The number of tetrazole rings is 1. The van der Waals surface area contributed by atoms with Gasteiger partial charge in [-0.2, -0.15) is 9.78 Å². The Labute approximate surface area is 301 Å². The molecule has 18 heteroatoms. The average Bonchev–Trinajstić information content (AvgIpc) is 3.37. The molecule has 2 atom stereocenters. The third-order valence-electron chi connectivity index (χ3n) is 9.52. The smallest absolute Gasteiger partial charge is 0.331 e. The number of alkyl halides is 4. The lowest BCUT2D eigenvalue weighted by Gasteiger charge is -2.35. The number of halogens is 5. The second-order valence-corrected chi connectivity index (χ2v) is 15.0. The van der Waals surface area contributed by atoms with Crippen molar-refractivity contribution in [3.05, 3.63) is 70.8 Å². The number of aromatic nitrogens is 7. The normalized spacial score (nSPS) is 19.2. The van der Waals surface area contributed by atoms with Crippen molar-refractivity contribution in [1.82, 2.24) is 35.2 Å². The van der Waals surface area contributed by atoms with Gasteiger partial charge in [-0.05, 0) is 67.0 Å². The predicted octanol–water partition coefficient (Wildman–Crippen LogP) is 5.37. The van der Waals surface area contributed by atoms with Crippen molar-refractivity contribution in [2.75, 3.05) is 6.61 Å². The van der Waals surface area contributed by atoms with Crippen LogP contribution < -0.4 is 10.4 Å². The molecule has 3 N–H and O–H groups in total. The first-order chi connectivity index (χ1) is 24.4. The molecule has 0 unspecified atom stereocenters. The summed E-state index contributed by atoms with van der Waals surface area (Å²) in [7, 11) is 1.75. The lowest BCUT2D eigenvalue weighted by molar-refractivity contribution is -0.721. The van der Waals surface area contributed by atoms with Gasteiger partial charge in [0.2, 0.25) is 0 Å². The molecule has 1 saturated carbocycles. The number of hydrogen-bond acceptors (Lipinski definition) is 9. The number of aryl methyl sites for hydroxylation is 1. The molecular formula is C34H38ClF4N10O3+. The molecule has 3 heterocycles. The SMILES string of the molecule is C[n+]1[nH]nnc1-c1ccc([C@@]2(CC(C)(C)C)N=C(N)N([C@H](COC(=O)CC3(C(C)(F)F)CC3)c3ccc(Cl)c(-n4ncnc4C(F)F)c3)C2=O)cc1. The van der Waals surface area contributed by atoms with Gasteiger partial charge in [-0.15, -0.1) is 0 Å². The van der Waals surface area contributed by atoms with Crippen molar-refractivity contribution < 1.29 is 36.6 Å². The average molecular weight is 746 g/mol. The summed E-state index contributed by atoms with van der Waals surface area (Å²) in [4.78, 5) is 37.7. The van der Waals surface area contributed by atoms with Crippen LogP contribution in [0.25, 0.3) is 17.1 Å². The van der Waals surface area contributed by atoms with Crippen LogP contribution in [0.4, 0.5) is 17.6 Å². The van der Waals surface area contributed by atoms with E-state index in [-0.39, 0.29) is 41.5 Å². The maximum Gasteiger partial charge on any atom is 0.331 e. The molecule has 0 spiro atoms. The van der Waals surface area contributed by atoms with E-state index in [2.05, 4.69) is 25.6 Å². The van der Waals surface area contributed by atoms with Gasteiger partial charge < -0.3 is 10.5 Å². The first-order valence-corrected chi connectivity index (χ1v) is 16.8. The van der Waals surface area contributed by atoms with E-state index >= 15 is 0 Å². The molecule has 0 bridgehead atoms. The number of aliphatic imine (C=N–C) groups is 1. The van der Waals surface area contributed by atoms with Crippen LogP contribution in [0.2, 0.25) is 5.02 Å². The topological polar surface area (TPSA) is 161 Å². The fraction of sp³-hybridized carbons (Fsp3) is 0.471. The number of guanidine groups is 1. The molecule has 2 aromatic carbocycles. The molecule has 276 valence electrons. The highest BCUT2D eigenvalue weighted by Gasteiger charge is 2.60. The van der Waals surface area contributed by atoms with Crippen molar-refractivity contribution in [2.45, 2.75) is 77.3 Å². The van der Waals surface area contributed by atoms with Crippen molar-refractivity contribution >= 4 is 29.4 Å². The Morgan fingerprint density at radius 2 is 1.83 bits per heavy atom. The van der Waals surface area contributed by atoms with Gasteiger partial charge in [-0.1, -0.05) is 55.8 Å². The number of esters is 1. The Balaban J connectivity index is 1.41. The van der Waals surface area contributed by atoms with Gasteiger partial charge in [0.1, 0.15) is 18.0 Å². The Kier molecular flexibility index (Phi) is 9.38. The first kappa shape index (κ1) is 36.8. The van der Waals surface area contributed by atoms with Crippen LogP contribution in [0.3, 0.4) is 0 Å². The van der Waals surface area contributed by atoms with Crippen LogP contribution in [-0.2, 0) is 26.9 Å². The highest BCUT2D eigenvalue weighted by molar-refractivity contribution is 6.32. The molecule has 6 rings (SSSR count). The number of nitrogens with zero attached hydrogens (tertiary/aromatic N) is 8. The third-order valence-corrected chi connectivity index (χ3v) is 9.84. The van der Waals surface area contributed by atoms with Gasteiger partial charge in [-0.25, -0.2) is 32.2 Å². The van der Waals surface area contributed by atoms with Crippen LogP contribution in [0.1, 0.15) is 82.8 Å². The van der Waals surface area contributed by atoms with Crippen molar-refractivity contribution in [2.24, 2.45) is 28.6 Å². The van der Waals surface area contributed by atoms with Gasteiger partial charge in [0.05, 0.1) is 35.8 Å². The van der Waals surface area contributed by atoms with Crippen molar-refractivity contribution in [3.63, 3.8) is 0 Å². The molecule has 4 aromatic rings. The molecule has 0 saturated heterocycles. The first-order valence-electron chi connectivity index (χ1n) is 16.4. The Morgan fingerprint density at radius 1 is 1.13 bits per heavy atom. The second kappa shape index (κ2) is 13.2. The number of hydrogen-bond donors (Lipinski definition) is 2. The third kappa shape index (κ3) is 6.85. The summed E-state index contributed by atoms with van der Waals surface area (Å²) in [6.45, 7) is 6.08. The number of carbonyl (C=O) groups is 2. The quantitative estimate of drug-likeness (QED) is 0.111. The van der Waals surface area contributed by atoms with Crippen molar-refractivity contribution in [3.8, 4) is 17.1 Å². The summed E-state index contributed by atoms with van der Waals surface area (Å²) in [5, 5.41) is 14.6. The van der Waals surface area contributed by atoms with E-state index in [1.165, 1.54) is 23.1 Å². The van der Waals surface area contributed by atoms with Crippen molar-refractivity contribution in [1.29, 1.82) is 0 Å². The van der Waals surface area contributed by atoms with Gasteiger partial charge in [0.25, 0.3) is 18.3 Å². The van der Waals surface area contributed by atoms with E-state index in [0.29, 0.717) is 17.0 Å². The molecular weight excluding hydrogens is 708 g/mol. The second-order valence-electron chi connectivity index (χ2n) is 14.6. The highest BCUT2D eigenvalue weighted by Crippen LogP contribution is 2.59. The van der Waals surface area contributed by atoms with E-state index < -0.39 is 65.5 Å². The number of amides is 1. The molecule has 1 amide bonds. The lowest BCUT2D eigenvalue weighted by atomic mass is 9.75.